The molecular weight excluding hydrogens is 360 g/mol. The smallest absolute Gasteiger partial charge is 0.129 e. The summed E-state index contributed by atoms with van der Waals surface area (Å²) in [5.74, 6) is 2.13. The summed E-state index contributed by atoms with van der Waals surface area (Å²) in [6.07, 6.45) is 9.99. The van der Waals surface area contributed by atoms with Crippen molar-refractivity contribution in [2.75, 3.05) is 13.2 Å². The molecule has 3 nitrogen and oxygen atoms in total. The zero-order valence-electron chi connectivity index (χ0n) is 19.8. The van der Waals surface area contributed by atoms with Crippen LogP contribution in [0, 0.1) is 5.92 Å². The van der Waals surface area contributed by atoms with E-state index in [-0.39, 0.29) is 5.41 Å². The van der Waals surface area contributed by atoms with Crippen LogP contribution >= 0.6 is 0 Å². The number of unbranched alkanes of at least 4 members (excludes halogenated alkanes) is 3. The van der Waals surface area contributed by atoms with Gasteiger partial charge in [-0.05, 0) is 68.6 Å². The zero-order valence-corrected chi connectivity index (χ0v) is 19.8. The second kappa shape index (κ2) is 10.7. The molecule has 2 atom stereocenters. The largest absolute Gasteiger partial charge is 0.493 e. The first-order valence-corrected chi connectivity index (χ1v) is 11.9. The maximum absolute atomic E-state index is 11.7. The molecule has 1 fully saturated rings. The summed E-state index contributed by atoms with van der Waals surface area (Å²) in [7, 11) is 0. The lowest BCUT2D eigenvalue weighted by Gasteiger charge is -2.38. The number of rotatable bonds is 11. The van der Waals surface area contributed by atoms with Crippen LogP contribution in [0.1, 0.15) is 110 Å². The fourth-order valence-corrected chi connectivity index (χ4v) is 4.87. The average Bonchev–Trinajstić information content (AvgIpc) is 2.65. The second-order valence-corrected chi connectivity index (χ2v) is 9.64. The number of aliphatic hydroxyl groups is 1. The lowest BCUT2D eigenvalue weighted by atomic mass is 9.73. The first-order valence-electron chi connectivity index (χ1n) is 11.9. The Balaban J connectivity index is 2.46. The topological polar surface area (TPSA) is 38.7 Å². The van der Waals surface area contributed by atoms with Crippen molar-refractivity contribution in [3.63, 3.8) is 0 Å². The molecule has 0 bridgehead atoms. The molecule has 1 aromatic carbocycles. The zero-order chi connectivity index (χ0) is 21.5. The van der Waals surface area contributed by atoms with Gasteiger partial charge in [0, 0.05) is 0 Å². The van der Waals surface area contributed by atoms with E-state index in [4.69, 9.17) is 9.47 Å². The van der Waals surface area contributed by atoms with Crippen LogP contribution in [0.4, 0.5) is 0 Å². The Kier molecular flexibility index (Phi) is 8.88. The van der Waals surface area contributed by atoms with E-state index >= 15 is 0 Å². The number of ether oxygens (including phenoxy) is 2. The highest BCUT2D eigenvalue weighted by molar-refractivity contribution is 5.53. The molecule has 1 N–H and O–H groups in total. The standard InChI is InChI=1S/C26H44O3/c1-7-10-11-12-15-25(5,6)21-17-22(28-8-2)24(23(18-21)29-9-3)26(27)16-13-14-20(4)19-26/h17-18,20,27H,7-16,19H2,1-6H3. The summed E-state index contributed by atoms with van der Waals surface area (Å²) in [6.45, 7) is 14.3. The van der Waals surface area contributed by atoms with E-state index < -0.39 is 5.60 Å². The van der Waals surface area contributed by atoms with Crippen LogP contribution < -0.4 is 9.47 Å². The molecular formula is C26H44O3. The van der Waals surface area contributed by atoms with Crippen molar-refractivity contribution >= 4 is 0 Å². The van der Waals surface area contributed by atoms with Crippen molar-refractivity contribution in [2.24, 2.45) is 5.92 Å². The monoisotopic (exact) mass is 404 g/mol. The van der Waals surface area contributed by atoms with Crippen LogP contribution in [-0.4, -0.2) is 18.3 Å². The van der Waals surface area contributed by atoms with Gasteiger partial charge in [0.2, 0.25) is 0 Å². The second-order valence-electron chi connectivity index (χ2n) is 9.64. The van der Waals surface area contributed by atoms with Gasteiger partial charge in [0.1, 0.15) is 11.5 Å². The lowest BCUT2D eigenvalue weighted by Crippen LogP contribution is -2.33. The van der Waals surface area contributed by atoms with Crippen molar-refractivity contribution in [3.05, 3.63) is 23.3 Å². The molecule has 0 aromatic heterocycles. The maximum Gasteiger partial charge on any atom is 0.129 e. The van der Waals surface area contributed by atoms with E-state index in [1.165, 1.54) is 37.7 Å². The normalized spacial score (nSPS) is 22.5. The highest BCUT2D eigenvalue weighted by atomic mass is 16.5. The minimum Gasteiger partial charge on any atom is -0.493 e. The molecule has 1 saturated carbocycles. The van der Waals surface area contributed by atoms with E-state index in [0.29, 0.717) is 19.1 Å². The predicted octanol–water partition coefficient (Wildman–Crippen LogP) is 7.13. The fraction of sp³-hybridized carbons (Fsp3) is 0.769. The molecule has 29 heavy (non-hydrogen) atoms. The molecule has 0 heterocycles. The quantitative estimate of drug-likeness (QED) is 0.399. The van der Waals surface area contributed by atoms with Crippen LogP contribution in [0.5, 0.6) is 11.5 Å². The molecule has 166 valence electrons. The third-order valence-corrected chi connectivity index (χ3v) is 6.54. The summed E-state index contributed by atoms with van der Waals surface area (Å²) in [5, 5.41) is 11.7. The van der Waals surface area contributed by atoms with Gasteiger partial charge in [-0.3, -0.25) is 0 Å². The molecule has 2 rings (SSSR count). The third kappa shape index (κ3) is 6.13. The molecule has 3 heteroatoms. The molecule has 1 aromatic rings. The van der Waals surface area contributed by atoms with Gasteiger partial charge in [0.05, 0.1) is 24.4 Å². The number of hydrogen-bond donors (Lipinski definition) is 1. The minimum absolute atomic E-state index is 0.0481. The Bertz CT molecular complexity index is 610. The first kappa shape index (κ1) is 24.1. The predicted molar refractivity (Wildman–Crippen MR) is 122 cm³/mol. The molecule has 0 radical (unpaired) electrons. The van der Waals surface area contributed by atoms with E-state index in [0.717, 1.165) is 42.7 Å². The summed E-state index contributed by atoms with van der Waals surface area (Å²) < 4.78 is 12.2. The van der Waals surface area contributed by atoms with Crippen molar-refractivity contribution in [3.8, 4) is 11.5 Å². The van der Waals surface area contributed by atoms with Gasteiger partial charge in [-0.15, -0.1) is 0 Å². The molecule has 0 spiro atoms. The summed E-state index contributed by atoms with van der Waals surface area (Å²) in [4.78, 5) is 0. The van der Waals surface area contributed by atoms with E-state index in [1.54, 1.807) is 0 Å². The lowest BCUT2D eigenvalue weighted by molar-refractivity contribution is -0.0220. The van der Waals surface area contributed by atoms with Crippen LogP contribution in [0.3, 0.4) is 0 Å². The van der Waals surface area contributed by atoms with Gasteiger partial charge < -0.3 is 14.6 Å². The van der Waals surface area contributed by atoms with Gasteiger partial charge in [0.15, 0.2) is 0 Å². The molecule has 0 amide bonds. The van der Waals surface area contributed by atoms with E-state index in [1.807, 2.05) is 13.8 Å². The van der Waals surface area contributed by atoms with Crippen LogP contribution in [0.2, 0.25) is 0 Å². The molecule has 1 aliphatic carbocycles. The molecule has 0 aliphatic heterocycles. The molecule has 0 saturated heterocycles. The molecule has 2 unspecified atom stereocenters. The van der Waals surface area contributed by atoms with Crippen molar-refractivity contribution in [1.29, 1.82) is 0 Å². The summed E-state index contributed by atoms with van der Waals surface area (Å²) >= 11 is 0. The fourth-order valence-electron chi connectivity index (χ4n) is 4.87. The maximum atomic E-state index is 11.7. The van der Waals surface area contributed by atoms with Crippen LogP contribution in [-0.2, 0) is 11.0 Å². The highest BCUT2D eigenvalue weighted by Crippen LogP contribution is 2.49. The average molecular weight is 405 g/mol. The van der Waals surface area contributed by atoms with Crippen LogP contribution in [0.25, 0.3) is 0 Å². The first-order chi connectivity index (χ1) is 13.8. The number of hydrogen-bond acceptors (Lipinski definition) is 3. The SMILES string of the molecule is CCCCCCC(C)(C)c1cc(OCC)c(C2(O)CCCC(C)C2)c(OCC)c1. The summed E-state index contributed by atoms with van der Waals surface area (Å²) in [5.41, 5.74) is 1.30. The Hall–Kier alpha value is -1.22. The van der Waals surface area contributed by atoms with Gasteiger partial charge in [-0.2, -0.15) is 0 Å². The minimum atomic E-state index is -0.865. The van der Waals surface area contributed by atoms with Gasteiger partial charge in [0.25, 0.3) is 0 Å². The van der Waals surface area contributed by atoms with E-state index in [2.05, 4.69) is 39.8 Å². The van der Waals surface area contributed by atoms with Crippen LogP contribution in [0.15, 0.2) is 12.1 Å². The van der Waals surface area contributed by atoms with Gasteiger partial charge >= 0.3 is 0 Å². The Morgan fingerprint density at radius 3 is 2.17 bits per heavy atom. The van der Waals surface area contributed by atoms with Gasteiger partial charge in [-0.1, -0.05) is 59.8 Å². The van der Waals surface area contributed by atoms with Crippen molar-refractivity contribution in [2.45, 2.75) is 110 Å². The molecule has 1 aliphatic rings. The van der Waals surface area contributed by atoms with Crippen molar-refractivity contribution in [1.82, 2.24) is 0 Å². The van der Waals surface area contributed by atoms with E-state index in [9.17, 15) is 5.11 Å². The Morgan fingerprint density at radius 1 is 1.03 bits per heavy atom. The Morgan fingerprint density at radius 2 is 1.66 bits per heavy atom. The highest BCUT2D eigenvalue weighted by Gasteiger charge is 2.40. The third-order valence-electron chi connectivity index (χ3n) is 6.54. The number of benzene rings is 1. The summed E-state index contributed by atoms with van der Waals surface area (Å²) in [6, 6.07) is 4.36. The Labute approximate surface area is 179 Å². The van der Waals surface area contributed by atoms with Gasteiger partial charge in [-0.25, -0.2) is 0 Å². The van der Waals surface area contributed by atoms with Crippen molar-refractivity contribution < 1.29 is 14.6 Å².